The summed E-state index contributed by atoms with van der Waals surface area (Å²) >= 11 is 0. The molecule has 0 saturated carbocycles. The van der Waals surface area contributed by atoms with Crippen molar-refractivity contribution in [1.29, 1.82) is 5.41 Å². The maximum Gasteiger partial charge on any atom is 0.416 e. The molecule has 0 aliphatic carbocycles. The van der Waals surface area contributed by atoms with Gasteiger partial charge < -0.3 is 25.8 Å². The minimum Gasteiger partial charge on any atom is -0.384 e. The van der Waals surface area contributed by atoms with Crippen molar-refractivity contribution in [3.05, 3.63) is 59.2 Å². The Morgan fingerprint density at radius 3 is 2.11 bits per heavy atom. The number of ether oxygens (including phenoxy) is 1. The number of aliphatic hydroxyl groups excluding tert-OH is 1. The van der Waals surface area contributed by atoms with Crippen molar-refractivity contribution >= 4 is 29.0 Å². The minimum absolute atomic E-state index is 0.0778. The van der Waals surface area contributed by atoms with Crippen molar-refractivity contribution < 1.29 is 45.8 Å². The van der Waals surface area contributed by atoms with Crippen LogP contribution in [-0.4, -0.2) is 48.1 Å². The highest BCUT2D eigenvalue weighted by Crippen LogP contribution is 2.39. The van der Waals surface area contributed by atoms with Gasteiger partial charge in [0.2, 0.25) is 0 Å². The van der Waals surface area contributed by atoms with Crippen LogP contribution in [0, 0.1) is 5.41 Å². The van der Waals surface area contributed by atoms with Gasteiger partial charge in [0.1, 0.15) is 5.84 Å². The predicted molar refractivity (Wildman–Crippen MR) is 111 cm³/mol. The maximum atomic E-state index is 13.2. The molecule has 1 aliphatic heterocycles. The number of nitrogens with one attached hydrogen (secondary N) is 2. The van der Waals surface area contributed by atoms with Crippen molar-refractivity contribution in [1.82, 2.24) is 0 Å². The number of halogens is 6. The van der Waals surface area contributed by atoms with Crippen LogP contribution in [0.1, 0.15) is 16.7 Å². The minimum atomic E-state index is -5.12. The number of carbonyl (C=O) groups excluding carboxylic acids is 2. The molecule has 1 unspecified atom stereocenters. The molecule has 1 heterocycles. The molecule has 1 saturated heterocycles. The summed E-state index contributed by atoms with van der Waals surface area (Å²) in [6, 6.07) is 6.19. The van der Waals surface area contributed by atoms with Gasteiger partial charge in [-0.1, -0.05) is 0 Å². The van der Waals surface area contributed by atoms with Crippen LogP contribution in [0.3, 0.4) is 0 Å². The Kier molecular flexibility index (Phi) is 7.08. The normalized spacial score (nSPS) is 17.7. The molecule has 0 spiro atoms. The number of hydrogen-bond acceptors (Lipinski definition) is 5. The van der Waals surface area contributed by atoms with Gasteiger partial charge in [0.05, 0.1) is 17.7 Å². The fourth-order valence-corrected chi connectivity index (χ4v) is 3.27. The van der Waals surface area contributed by atoms with E-state index in [-0.39, 0.29) is 24.2 Å². The van der Waals surface area contributed by atoms with Gasteiger partial charge in [0.25, 0.3) is 11.8 Å². The summed E-state index contributed by atoms with van der Waals surface area (Å²) in [5.41, 5.74) is 1.89. The highest BCUT2D eigenvalue weighted by Gasteiger charge is 2.42. The van der Waals surface area contributed by atoms with Gasteiger partial charge in [0.15, 0.2) is 12.2 Å². The SMILES string of the molecule is N=C(N)c1ccc(NC(=O)[C@H](O)C2OCCN(c3cc(C(F)(F)F)cc(C(F)(F)F)c3)C2=O)cc1. The molecule has 1 aliphatic rings. The predicted octanol–water partition coefficient (Wildman–Crippen LogP) is 2.74. The van der Waals surface area contributed by atoms with E-state index < -0.39 is 59.7 Å². The van der Waals surface area contributed by atoms with Crippen LogP contribution >= 0.6 is 0 Å². The lowest BCUT2D eigenvalue weighted by atomic mass is 10.1. The Hall–Kier alpha value is -3.65. The quantitative estimate of drug-likeness (QED) is 0.283. The van der Waals surface area contributed by atoms with E-state index in [9.17, 15) is 41.0 Å². The molecule has 3 rings (SSSR count). The monoisotopic (exact) mass is 504 g/mol. The van der Waals surface area contributed by atoms with Crippen LogP contribution in [0.2, 0.25) is 0 Å². The van der Waals surface area contributed by atoms with E-state index in [4.69, 9.17) is 15.9 Å². The molecule has 8 nitrogen and oxygen atoms in total. The summed E-state index contributed by atoms with van der Waals surface area (Å²) in [7, 11) is 0. The van der Waals surface area contributed by atoms with Crippen molar-refractivity contribution in [3.63, 3.8) is 0 Å². The first-order chi connectivity index (χ1) is 16.2. The fourth-order valence-electron chi connectivity index (χ4n) is 3.27. The van der Waals surface area contributed by atoms with Gasteiger partial charge >= 0.3 is 12.4 Å². The standard InChI is InChI=1S/C21H18F6N4O4/c22-20(23,24)11-7-12(21(25,26)27)9-14(8-11)31-5-6-35-16(19(31)34)15(32)18(33)30-13-3-1-10(2-4-13)17(28)29/h1-4,7-9,15-16,32H,5-6H2,(H3,28,29)(H,30,33)/t15-,16?/m1/s1. The van der Waals surface area contributed by atoms with Crippen molar-refractivity contribution in [3.8, 4) is 0 Å². The first kappa shape index (κ1) is 26.0. The zero-order valence-corrected chi connectivity index (χ0v) is 17.6. The van der Waals surface area contributed by atoms with Gasteiger partial charge in [-0.3, -0.25) is 15.0 Å². The summed E-state index contributed by atoms with van der Waals surface area (Å²) in [4.78, 5) is 25.8. The number of rotatable bonds is 5. The van der Waals surface area contributed by atoms with E-state index in [2.05, 4.69) is 5.32 Å². The Bertz CT molecular complexity index is 1100. The number of nitrogen functional groups attached to an aromatic ring is 1. The highest BCUT2D eigenvalue weighted by molar-refractivity contribution is 6.04. The van der Waals surface area contributed by atoms with E-state index in [0.717, 1.165) is 0 Å². The topological polar surface area (TPSA) is 129 Å². The van der Waals surface area contributed by atoms with Crippen LogP contribution in [0.5, 0.6) is 0 Å². The first-order valence-corrected chi connectivity index (χ1v) is 9.84. The van der Waals surface area contributed by atoms with Crippen molar-refractivity contribution in [2.75, 3.05) is 23.4 Å². The number of hydrogen-bond donors (Lipinski definition) is 4. The summed E-state index contributed by atoms with van der Waals surface area (Å²) in [6.07, 6.45) is -14.3. The van der Waals surface area contributed by atoms with Crippen molar-refractivity contribution in [2.45, 2.75) is 24.6 Å². The second-order valence-corrected chi connectivity index (χ2v) is 7.47. The zero-order valence-electron chi connectivity index (χ0n) is 17.6. The van der Waals surface area contributed by atoms with Crippen molar-refractivity contribution in [2.24, 2.45) is 5.73 Å². The Labute approximate surface area is 193 Å². The average molecular weight is 504 g/mol. The molecule has 5 N–H and O–H groups in total. The van der Waals surface area contributed by atoms with Crippen LogP contribution in [0.25, 0.3) is 0 Å². The Morgan fingerprint density at radius 1 is 1.09 bits per heavy atom. The summed E-state index contributed by atoms with van der Waals surface area (Å²) in [5, 5.41) is 20.0. The number of anilines is 2. The first-order valence-electron chi connectivity index (χ1n) is 9.84. The lowest BCUT2D eigenvalue weighted by molar-refractivity contribution is -0.150. The number of amidine groups is 1. The molecule has 1 fully saturated rings. The average Bonchev–Trinajstić information content (AvgIpc) is 2.77. The smallest absolute Gasteiger partial charge is 0.384 e. The van der Waals surface area contributed by atoms with Gasteiger partial charge in [0, 0.05) is 23.5 Å². The molecule has 2 aromatic rings. The molecule has 0 bridgehead atoms. The van der Waals surface area contributed by atoms with Gasteiger partial charge in [-0.05, 0) is 42.5 Å². The van der Waals surface area contributed by atoms with Crippen LogP contribution < -0.4 is 16.0 Å². The van der Waals surface area contributed by atoms with E-state index >= 15 is 0 Å². The van der Waals surface area contributed by atoms with E-state index in [1.54, 1.807) is 0 Å². The zero-order chi connectivity index (χ0) is 26.1. The highest BCUT2D eigenvalue weighted by atomic mass is 19.4. The molecule has 2 aromatic carbocycles. The lowest BCUT2D eigenvalue weighted by Gasteiger charge is -2.34. The number of benzene rings is 2. The molecule has 35 heavy (non-hydrogen) atoms. The number of amides is 2. The van der Waals surface area contributed by atoms with Crippen LogP contribution in [-0.2, 0) is 26.7 Å². The Balaban J connectivity index is 1.83. The molecule has 0 radical (unpaired) electrons. The fraction of sp³-hybridized carbons (Fsp3) is 0.286. The number of alkyl halides is 6. The number of aliphatic hydroxyl groups is 1. The molecular formula is C21H18F6N4O4. The molecule has 0 aromatic heterocycles. The largest absolute Gasteiger partial charge is 0.416 e. The van der Waals surface area contributed by atoms with E-state index in [1.165, 1.54) is 24.3 Å². The summed E-state index contributed by atoms with van der Waals surface area (Å²) in [6.45, 7) is -0.777. The molecule has 2 atom stereocenters. The number of morpholine rings is 1. The maximum absolute atomic E-state index is 13.2. The van der Waals surface area contributed by atoms with Gasteiger partial charge in [-0.25, -0.2) is 0 Å². The number of nitrogens with zero attached hydrogens (tertiary/aromatic N) is 1. The third-order valence-electron chi connectivity index (χ3n) is 5.02. The third-order valence-corrected chi connectivity index (χ3v) is 5.02. The lowest BCUT2D eigenvalue weighted by Crippen LogP contribution is -2.55. The van der Waals surface area contributed by atoms with Crippen LogP contribution in [0.4, 0.5) is 37.7 Å². The van der Waals surface area contributed by atoms with E-state index in [1.807, 2.05) is 0 Å². The number of nitrogens with two attached hydrogens (primary N) is 1. The van der Waals surface area contributed by atoms with E-state index in [0.29, 0.717) is 22.6 Å². The second kappa shape index (κ2) is 9.54. The summed E-state index contributed by atoms with van der Waals surface area (Å²) < 4.78 is 84.2. The molecule has 2 amide bonds. The molecule has 14 heteroatoms. The van der Waals surface area contributed by atoms with Gasteiger partial charge in [-0.15, -0.1) is 0 Å². The second-order valence-electron chi connectivity index (χ2n) is 7.47. The van der Waals surface area contributed by atoms with Gasteiger partial charge in [-0.2, -0.15) is 26.3 Å². The number of carbonyl (C=O) groups is 2. The van der Waals surface area contributed by atoms with Crippen LogP contribution in [0.15, 0.2) is 42.5 Å². The summed E-state index contributed by atoms with van der Waals surface area (Å²) in [5.74, 6) is -2.54. The Morgan fingerprint density at radius 2 is 1.63 bits per heavy atom. The molecule has 188 valence electrons. The molecular weight excluding hydrogens is 486 g/mol. The third kappa shape index (κ3) is 5.89.